The van der Waals surface area contributed by atoms with E-state index >= 15 is 0 Å². The number of anilines is 2. The average molecular weight is 345 g/mol. The first-order valence-electron chi connectivity index (χ1n) is 6.30. The third kappa shape index (κ3) is 2.73. The first-order valence-corrected chi connectivity index (χ1v) is 7.09. The predicted octanol–water partition coefficient (Wildman–Crippen LogP) is 2.32. The van der Waals surface area contributed by atoms with Crippen LogP contribution in [0.2, 0.25) is 0 Å². The highest BCUT2D eigenvalue weighted by atomic mass is 79.9. The monoisotopic (exact) mass is 344 g/mol. The minimum absolute atomic E-state index is 0.549. The van der Waals surface area contributed by atoms with Gasteiger partial charge in [-0.2, -0.15) is 0 Å². The van der Waals surface area contributed by atoms with Gasteiger partial charge in [-0.05, 0) is 40.3 Å². The van der Waals surface area contributed by atoms with Gasteiger partial charge >= 0.3 is 0 Å². The van der Waals surface area contributed by atoms with Crippen LogP contribution in [0.5, 0.6) is 0 Å². The molecule has 0 aliphatic carbocycles. The molecule has 3 aromatic rings. The molecule has 6 nitrogen and oxygen atoms in total. The lowest BCUT2D eigenvalue weighted by molar-refractivity contribution is 0.652. The Morgan fingerprint density at radius 1 is 1.10 bits per heavy atom. The Labute approximate surface area is 129 Å². The van der Waals surface area contributed by atoms with Crippen molar-refractivity contribution in [3.8, 4) is 11.4 Å². The van der Waals surface area contributed by atoms with Crippen molar-refractivity contribution in [3.63, 3.8) is 0 Å². The Morgan fingerprint density at radius 3 is 2.67 bits per heavy atom. The molecule has 0 amide bonds. The summed E-state index contributed by atoms with van der Waals surface area (Å²) in [6.45, 7) is 0.549. The fraction of sp³-hybridized carbons (Fsp3) is 0.0714. The molecule has 3 rings (SSSR count). The van der Waals surface area contributed by atoms with E-state index < -0.39 is 0 Å². The molecule has 0 unspecified atom stereocenters. The van der Waals surface area contributed by atoms with Gasteiger partial charge in [0, 0.05) is 21.4 Å². The van der Waals surface area contributed by atoms with Crippen molar-refractivity contribution in [1.82, 2.24) is 20.2 Å². The zero-order chi connectivity index (χ0) is 14.8. The summed E-state index contributed by atoms with van der Waals surface area (Å²) in [6.07, 6.45) is 0. The van der Waals surface area contributed by atoms with Gasteiger partial charge in [-0.25, -0.2) is 4.68 Å². The van der Waals surface area contributed by atoms with E-state index in [0.717, 1.165) is 15.6 Å². The van der Waals surface area contributed by atoms with Gasteiger partial charge in [0.15, 0.2) is 5.82 Å². The number of nitrogens with two attached hydrogens (primary N) is 2. The molecule has 4 N–H and O–H groups in total. The first kappa shape index (κ1) is 13.6. The smallest absolute Gasteiger partial charge is 0.184 e. The topological polar surface area (TPSA) is 95.6 Å². The molecule has 0 radical (unpaired) electrons. The lowest BCUT2D eigenvalue weighted by atomic mass is 10.1. The molecule has 1 heterocycles. The zero-order valence-corrected chi connectivity index (χ0v) is 12.7. The zero-order valence-electron chi connectivity index (χ0n) is 11.1. The fourth-order valence-corrected chi connectivity index (χ4v) is 2.49. The van der Waals surface area contributed by atoms with Crippen LogP contribution in [0.3, 0.4) is 0 Å². The standard InChI is InChI=1S/C14H13BrN6/c15-12-4-2-1-3-9(12)8-21-14(18-19-20-21)11-6-5-10(16)7-13(11)17/h1-7H,8,16-17H2. The Kier molecular flexibility index (Phi) is 3.57. The number of halogens is 1. The quantitative estimate of drug-likeness (QED) is 0.710. The van der Waals surface area contributed by atoms with Crippen molar-refractivity contribution < 1.29 is 0 Å². The molecule has 0 aliphatic heterocycles. The van der Waals surface area contributed by atoms with Crippen molar-refractivity contribution in [1.29, 1.82) is 0 Å². The summed E-state index contributed by atoms with van der Waals surface area (Å²) in [6, 6.07) is 13.2. The van der Waals surface area contributed by atoms with E-state index in [1.165, 1.54) is 0 Å². The van der Waals surface area contributed by atoms with Gasteiger partial charge in [-0.3, -0.25) is 0 Å². The van der Waals surface area contributed by atoms with Crippen molar-refractivity contribution in [2.24, 2.45) is 0 Å². The fourth-order valence-electron chi connectivity index (χ4n) is 2.08. The van der Waals surface area contributed by atoms with Crippen LogP contribution in [-0.2, 0) is 6.54 Å². The predicted molar refractivity (Wildman–Crippen MR) is 85.3 cm³/mol. The Morgan fingerprint density at radius 2 is 1.90 bits per heavy atom. The first-order chi connectivity index (χ1) is 10.1. The highest BCUT2D eigenvalue weighted by Crippen LogP contribution is 2.26. The second-order valence-electron chi connectivity index (χ2n) is 4.60. The van der Waals surface area contributed by atoms with Crippen molar-refractivity contribution in [2.45, 2.75) is 6.54 Å². The number of hydrogen-bond acceptors (Lipinski definition) is 5. The van der Waals surface area contributed by atoms with Crippen LogP contribution in [0, 0.1) is 0 Å². The molecule has 1 aromatic heterocycles. The lowest BCUT2D eigenvalue weighted by Gasteiger charge is -2.08. The number of rotatable bonds is 3. The highest BCUT2D eigenvalue weighted by molar-refractivity contribution is 9.10. The molecule has 21 heavy (non-hydrogen) atoms. The third-order valence-corrected chi connectivity index (χ3v) is 3.90. The normalized spacial score (nSPS) is 10.7. The van der Waals surface area contributed by atoms with Crippen LogP contribution in [0.15, 0.2) is 46.9 Å². The van der Waals surface area contributed by atoms with Gasteiger partial charge < -0.3 is 11.5 Å². The van der Waals surface area contributed by atoms with Crippen LogP contribution in [0.25, 0.3) is 11.4 Å². The molecule has 0 fully saturated rings. The lowest BCUT2D eigenvalue weighted by Crippen LogP contribution is -2.06. The second kappa shape index (κ2) is 5.53. The van der Waals surface area contributed by atoms with Crippen LogP contribution in [0.4, 0.5) is 11.4 Å². The van der Waals surface area contributed by atoms with Crippen LogP contribution >= 0.6 is 15.9 Å². The molecule has 106 valence electrons. The van der Waals surface area contributed by atoms with E-state index in [0.29, 0.717) is 23.7 Å². The maximum atomic E-state index is 6.01. The molecule has 0 atom stereocenters. The number of nitrogen functional groups attached to an aromatic ring is 2. The summed E-state index contributed by atoms with van der Waals surface area (Å²) in [5.74, 6) is 0.614. The van der Waals surface area contributed by atoms with Gasteiger partial charge in [-0.1, -0.05) is 34.1 Å². The molecule has 2 aromatic carbocycles. The minimum atomic E-state index is 0.549. The SMILES string of the molecule is Nc1ccc(-c2nnnn2Cc2ccccc2Br)c(N)c1. The van der Waals surface area contributed by atoms with Gasteiger partial charge in [0.25, 0.3) is 0 Å². The number of benzene rings is 2. The summed E-state index contributed by atoms with van der Waals surface area (Å²) in [7, 11) is 0. The second-order valence-corrected chi connectivity index (χ2v) is 5.45. The van der Waals surface area contributed by atoms with Crippen LogP contribution < -0.4 is 11.5 Å². The summed E-state index contributed by atoms with van der Waals surface area (Å²) in [5, 5.41) is 11.9. The van der Waals surface area contributed by atoms with Gasteiger partial charge in [0.05, 0.1) is 6.54 Å². The van der Waals surface area contributed by atoms with Crippen LogP contribution in [-0.4, -0.2) is 20.2 Å². The van der Waals surface area contributed by atoms with E-state index in [4.69, 9.17) is 11.5 Å². The molecular weight excluding hydrogens is 332 g/mol. The Hall–Kier alpha value is -2.41. The molecule has 0 spiro atoms. The molecule has 0 saturated carbocycles. The molecule has 0 bridgehead atoms. The van der Waals surface area contributed by atoms with Gasteiger partial charge in [0.2, 0.25) is 0 Å². The largest absolute Gasteiger partial charge is 0.399 e. The van der Waals surface area contributed by atoms with E-state index in [2.05, 4.69) is 31.5 Å². The maximum Gasteiger partial charge on any atom is 0.184 e. The Bertz CT molecular complexity index is 783. The summed E-state index contributed by atoms with van der Waals surface area (Å²) < 4.78 is 2.72. The molecular formula is C14H13BrN6. The maximum absolute atomic E-state index is 6.01. The average Bonchev–Trinajstić information content (AvgIpc) is 2.89. The van der Waals surface area contributed by atoms with Gasteiger partial charge in [-0.15, -0.1) is 5.10 Å². The van der Waals surface area contributed by atoms with E-state index in [9.17, 15) is 0 Å². The number of nitrogens with zero attached hydrogens (tertiary/aromatic N) is 4. The van der Waals surface area contributed by atoms with Gasteiger partial charge in [0.1, 0.15) is 0 Å². The number of hydrogen-bond donors (Lipinski definition) is 2. The van der Waals surface area contributed by atoms with Crippen molar-refractivity contribution >= 4 is 27.3 Å². The summed E-state index contributed by atoms with van der Waals surface area (Å²) in [5.41, 5.74) is 14.7. The number of aromatic nitrogens is 4. The molecule has 7 heteroatoms. The van der Waals surface area contributed by atoms with Crippen molar-refractivity contribution in [2.75, 3.05) is 11.5 Å². The van der Waals surface area contributed by atoms with Crippen LogP contribution in [0.1, 0.15) is 5.56 Å². The summed E-state index contributed by atoms with van der Waals surface area (Å²) in [4.78, 5) is 0. The van der Waals surface area contributed by atoms with E-state index in [1.54, 1.807) is 16.8 Å². The number of tetrazole rings is 1. The third-order valence-electron chi connectivity index (χ3n) is 3.13. The Balaban J connectivity index is 2.00. The van der Waals surface area contributed by atoms with E-state index in [1.807, 2.05) is 30.3 Å². The van der Waals surface area contributed by atoms with Crippen molar-refractivity contribution in [3.05, 3.63) is 52.5 Å². The molecule has 0 saturated heterocycles. The summed E-state index contributed by atoms with van der Waals surface area (Å²) >= 11 is 3.52. The molecule has 0 aliphatic rings. The van der Waals surface area contributed by atoms with E-state index in [-0.39, 0.29) is 0 Å². The minimum Gasteiger partial charge on any atom is -0.399 e. The highest BCUT2D eigenvalue weighted by Gasteiger charge is 2.13.